The second-order valence-electron chi connectivity index (χ2n) is 6.78. The fraction of sp³-hybridized carbons (Fsp3) is 0. The van der Waals surface area contributed by atoms with Gasteiger partial charge in [0.1, 0.15) is 23.3 Å². The van der Waals surface area contributed by atoms with Crippen LogP contribution in [0.3, 0.4) is 0 Å². The van der Waals surface area contributed by atoms with Crippen LogP contribution in [0.25, 0.3) is 11.1 Å². The second-order valence-corrected chi connectivity index (χ2v) is 6.78. The molecular weight excluding hydrogens is 388 g/mol. The lowest BCUT2D eigenvalue weighted by Gasteiger charge is -2.18. The van der Waals surface area contributed by atoms with Crippen LogP contribution in [0, 0.1) is 23.3 Å². The molecule has 0 saturated carbocycles. The fourth-order valence-electron chi connectivity index (χ4n) is 3.38. The largest absolute Gasteiger partial charge is 0.207 e. The minimum Gasteiger partial charge on any atom is -0.207 e. The van der Waals surface area contributed by atoms with E-state index in [9.17, 15) is 17.6 Å². The summed E-state index contributed by atoms with van der Waals surface area (Å²) in [6.45, 7) is 0. The molecule has 148 valence electrons. The van der Waals surface area contributed by atoms with E-state index in [1.165, 1.54) is 48.5 Å². The topological polar surface area (TPSA) is 0 Å². The molecule has 4 aromatic carbocycles. The zero-order valence-electron chi connectivity index (χ0n) is 15.7. The van der Waals surface area contributed by atoms with E-state index < -0.39 is 0 Å². The Kier molecular flexibility index (Phi) is 5.48. The molecular formula is C26H16F4. The molecule has 0 atom stereocenters. The summed E-state index contributed by atoms with van der Waals surface area (Å²) in [5.41, 5.74) is 4.12. The van der Waals surface area contributed by atoms with Crippen molar-refractivity contribution in [3.63, 3.8) is 0 Å². The van der Waals surface area contributed by atoms with Gasteiger partial charge in [-0.05, 0) is 81.9 Å². The molecule has 0 heterocycles. The van der Waals surface area contributed by atoms with Crippen LogP contribution in [0.15, 0.2) is 97.1 Å². The van der Waals surface area contributed by atoms with Gasteiger partial charge in [-0.25, -0.2) is 17.6 Å². The lowest BCUT2D eigenvalue weighted by molar-refractivity contribution is 0.627. The Balaban J connectivity index is 2.08. The predicted octanol–water partition coefficient (Wildman–Crippen LogP) is 7.25. The first-order valence-electron chi connectivity index (χ1n) is 9.29. The van der Waals surface area contributed by atoms with Crippen molar-refractivity contribution >= 4 is 11.1 Å². The minimum absolute atomic E-state index is 0.387. The summed E-state index contributed by atoms with van der Waals surface area (Å²) in [6, 6.07) is 23.7. The monoisotopic (exact) mass is 404 g/mol. The highest BCUT2D eigenvalue weighted by Crippen LogP contribution is 2.37. The highest BCUT2D eigenvalue weighted by atomic mass is 19.1. The Morgan fingerprint density at radius 1 is 0.300 bits per heavy atom. The SMILES string of the molecule is Fc1ccc(C(=C(c2ccc(F)cc2)c2ccc(F)cc2)c2ccc(F)cc2)cc1. The van der Waals surface area contributed by atoms with Gasteiger partial charge in [0.05, 0.1) is 0 Å². The molecule has 0 unspecified atom stereocenters. The second kappa shape index (κ2) is 8.37. The number of benzene rings is 4. The number of hydrogen-bond acceptors (Lipinski definition) is 0. The molecule has 0 aliphatic rings. The summed E-state index contributed by atoms with van der Waals surface area (Å²) in [5, 5.41) is 0. The first kappa shape index (κ1) is 19.6. The number of rotatable bonds is 4. The molecule has 0 fully saturated rings. The third-order valence-corrected chi connectivity index (χ3v) is 4.78. The summed E-state index contributed by atoms with van der Waals surface area (Å²) in [6.07, 6.45) is 0. The highest BCUT2D eigenvalue weighted by molar-refractivity contribution is 6.04. The predicted molar refractivity (Wildman–Crippen MR) is 111 cm³/mol. The molecule has 0 bridgehead atoms. The van der Waals surface area contributed by atoms with Crippen molar-refractivity contribution in [2.24, 2.45) is 0 Å². The van der Waals surface area contributed by atoms with Crippen LogP contribution in [-0.4, -0.2) is 0 Å². The first-order chi connectivity index (χ1) is 14.5. The van der Waals surface area contributed by atoms with Crippen LogP contribution >= 0.6 is 0 Å². The van der Waals surface area contributed by atoms with Gasteiger partial charge in [0.15, 0.2) is 0 Å². The van der Waals surface area contributed by atoms with Crippen LogP contribution in [0.1, 0.15) is 22.3 Å². The molecule has 0 spiro atoms. The molecule has 30 heavy (non-hydrogen) atoms. The zero-order chi connectivity index (χ0) is 21.1. The average Bonchev–Trinajstić information content (AvgIpc) is 2.75. The van der Waals surface area contributed by atoms with Gasteiger partial charge in [-0.1, -0.05) is 48.5 Å². The van der Waals surface area contributed by atoms with Gasteiger partial charge in [0.25, 0.3) is 0 Å². The van der Waals surface area contributed by atoms with Crippen LogP contribution in [-0.2, 0) is 0 Å². The summed E-state index contributed by atoms with van der Waals surface area (Å²) in [7, 11) is 0. The number of halogens is 4. The summed E-state index contributed by atoms with van der Waals surface area (Å²) in [4.78, 5) is 0. The fourth-order valence-corrected chi connectivity index (χ4v) is 3.38. The molecule has 4 heteroatoms. The van der Waals surface area contributed by atoms with E-state index in [4.69, 9.17) is 0 Å². The van der Waals surface area contributed by atoms with Crippen LogP contribution in [0.2, 0.25) is 0 Å². The molecule has 4 rings (SSSR count). The Hall–Kier alpha value is -3.66. The Bertz CT molecular complexity index is 980. The van der Waals surface area contributed by atoms with Gasteiger partial charge in [0, 0.05) is 0 Å². The van der Waals surface area contributed by atoms with Gasteiger partial charge in [0.2, 0.25) is 0 Å². The quantitative estimate of drug-likeness (QED) is 0.248. The molecule has 0 aromatic heterocycles. The van der Waals surface area contributed by atoms with Gasteiger partial charge < -0.3 is 0 Å². The molecule has 0 radical (unpaired) electrons. The van der Waals surface area contributed by atoms with Crippen molar-refractivity contribution in [3.05, 3.63) is 143 Å². The van der Waals surface area contributed by atoms with Crippen molar-refractivity contribution < 1.29 is 17.6 Å². The lowest BCUT2D eigenvalue weighted by atomic mass is 9.86. The van der Waals surface area contributed by atoms with Crippen LogP contribution in [0.5, 0.6) is 0 Å². The van der Waals surface area contributed by atoms with E-state index >= 15 is 0 Å². The Morgan fingerprint density at radius 3 is 0.633 bits per heavy atom. The summed E-state index contributed by atoms with van der Waals surface area (Å²) in [5.74, 6) is -1.55. The maximum Gasteiger partial charge on any atom is 0.123 e. The van der Waals surface area contributed by atoms with Crippen LogP contribution < -0.4 is 0 Å². The third kappa shape index (κ3) is 4.18. The summed E-state index contributed by atoms with van der Waals surface area (Å²) >= 11 is 0. The molecule has 0 nitrogen and oxygen atoms in total. The highest BCUT2D eigenvalue weighted by Gasteiger charge is 2.17. The van der Waals surface area contributed by atoms with Crippen LogP contribution in [0.4, 0.5) is 17.6 Å². The summed E-state index contributed by atoms with van der Waals surface area (Å²) < 4.78 is 54.4. The van der Waals surface area contributed by atoms with E-state index in [2.05, 4.69) is 0 Å². The van der Waals surface area contributed by atoms with Crippen molar-refractivity contribution in [3.8, 4) is 0 Å². The van der Waals surface area contributed by atoms with Gasteiger partial charge in [-0.3, -0.25) is 0 Å². The molecule has 0 aliphatic heterocycles. The van der Waals surface area contributed by atoms with Crippen molar-refractivity contribution in [1.82, 2.24) is 0 Å². The number of hydrogen-bond donors (Lipinski definition) is 0. The standard InChI is InChI=1S/C26H16F4/c27-21-9-1-17(2-10-21)25(18-3-11-22(28)12-4-18)26(19-5-13-23(29)14-6-19)20-7-15-24(30)16-8-20/h1-16H. The third-order valence-electron chi connectivity index (χ3n) is 4.78. The van der Waals surface area contributed by atoms with E-state index in [1.807, 2.05) is 0 Å². The molecule has 4 aromatic rings. The Labute approximate surface area is 171 Å². The van der Waals surface area contributed by atoms with E-state index in [1.54, 1.807) is 48.5 Å². The van der Waals surface area contributed by atoms with Gasteiger partial charge in [-0.15, -0.1) is 0 Å². The zero-order valence-corrected chi connectivity index (χ0v) is 15.7. The molecule has 0 aliphatic carbocycles. The van der Waals surface area contributed by atoms with Gasteiger partial charge in [-0.2, -0.15) is 0 Å². The molecule has 0 saturated heterocycles. The van der Waals surface area contributed by atoms with Crippen molar-refractivity contribution in [1.29, 1.82) is 0 Å². The average molecular weight is 404 g/mol. The van der Waals surface area contributed by atoms with Gasteiger partial charge >= 0.3 is 0 Å². The first-order valence-corrected chi connectivity index (χ1v) is 9.29. The minimum atomic E-state index is -0.387. The lowest BCUT2D eigenvalue weighted by Crippen LogP contribution is -1.98. The molecule has 0 N–H and O–H groups in total. The maximum atomic E-state index is 13.6. The Morgan fingerprint density at radius 2 is 0.467 bits per heavy atom. The normalized spacial score (nSPS) is 10.7. The maximum absolute atomic E-state index is 13.6. The van der Waals surface area contributed by atoms with E-state index in [-0.39, 0.29) is 23.3 Å². The van der Waals surface area contributed by atoms with E-state index in [0.29, 0.717) is 33.4 Å². The van der Waals surface area contributed by atoms with Crippen molar-refractivity contribution in [2.45, 2.75) is 0 Å². The van der Waals surface area contributed by atoms with E-state index in [0.717, 1.165) is 0 Å². The smallest absolute Gasteiger partial charge is 0.123 e. The van der Waals surface area contributed by atoms with Crippen molar-refractivity contribution in [2.75, 3.05) is 0 Å². The molecule has 0 amide bonds.